The highest BCUT2D eigenvalue weighted by molar-refractivity contribution is 9.11. The maximum absolute atomic E-state index is 12.0. The second-order valence-corrected chi connectivity index (χ2v) is 5.28. The lowest BCUT2D eigenvalue weighted by Gasteiger charge is -2.06. The van der Waals surface area contributed by atoms with Crippen LogP contribution in [-0.4, -0.2) is 15.9 Å². The van der Waals surface area contributed by atoms with Crippen molar-refractivity contribution in [3.05, 3.63) is 57.0 Å². The van der Waals surface area contributed by atoms with Gasteiger partial charge in [-0.15, -0.1) is 0 Å². The highest BCUT2D eigenvalue weighted by Gasteiger charge is 2.09. The van der Waals surface area contributed by atoms with Crippen LogP contribution >= 0.6 is 31.9 Å². The fraction of sp³-hybridized carbons (Fsp3) is 0.0833. The molecule has 0 bridgehead atoms. The van der Waals surface area contributed by atoms with Gasteiger partial charge in [-0.25, -0.2) is 9.97 Å². The molecule has 4 nitrogen and oxygen atoms in total. The first kappa shape index (κ1) is 13.2. The molecule has 1 aromatic heterocycles. The minimum absolute atomic E-state index is 0.145. The van der Waals surface area contributed by atoms with Crippen molar-refractivity contribution >= 4 is 37.8 Å². The number of nitrogens with zero attached hydrogens (tertiary/aromatic N) is 2. The van der Waals surface area contributed by atoms with Crippen LogP contribution in [0, 0.1) is 0 Å². The summed E-state index contributed by atoms with van der Waals surface area (Å²) in [6, 6.07) is 7.17. The van der Waals surface area contributed by atoms with E-state index in [2.05, 4.69) is 47.1 Å². The molecule has 0 aliphatic heterocycles. The van der Waals surface area contributed by atoms with E-state index in [1.807, 2.05) is 12.1 Å². The van der Waals surface area contributed by atoms with E-state index < -0.39 is 0 Å². The number of benzene rings is 1. The molecule has 0 aliphatic rings. The van der Waals surface area contributed by atoms with Crippen molar-refractivity contribution in [3.63, 3.8) is 0 Å². The summed E-state index contributed by atoms with van der Waals surface area (Å²) in [6.07, 6.45) is 3.10. The summed E-state index contributed by atoms with van der Waals surface area (Å²) in [5, 5.41) is 2.80. The topological polar surface area (TPSA) is 54.9 Å². The lowest BCUT2D eigenvalue weighted by Crippen LogP contribution is -2.23. The Labute approximate surface area is 121 Å². The van der Waals surface area contributed by atoms with Gasteiger partial charge in [-0.2, -0.15) is 0 Å². The van der Waals surface area contributed by atoms with Crippen molar-refractivity contribution < 1.29 is 4.79 Å². The van der Waals surface area contributed by atoms with Crippen LogP contribution in [0.5, 0.6) is 0 Å². The van der Waals surface area contributed by atoms with Crippen LogP contribution in [0.25, 0.3) is 0 Å². The fourth-order valence-electron chi connectivity index (χ4n) is 1.36. The Morgan fingerprint density at radius 3 is 2.78 bits per heavy atom. The molecule has 2 aromatic rings. The van der Waals surface area contributed by atoms with Crippen LogP contribution in [0.4, 0.5) is 0 Å². The number of carbonyl (C=O) groups excluding carboxylic acids is 1. The van der Waals surface area contributed by atoms with Crippen molar-refractivity contribution in [2.75, 3.05) is 0 Å². The smallest absolute Gasteiger partial charge is 0.252 e. The maximum Gasteiger partial charge on any atom is 0.252 e. The Morgan fingerprint density at radius 2 is 2.11 bits per heavy atom. The fourth-order valence-corrected chi connectivity index (χ4v) is 2.59. The van der Waals surface area contributed by atoms with E-state index in [0.29, 0.717) is 12.1 Å². The molecule has 1 aromatic carbocycles. The highest BCUT2D eigenvalue weighted by atomic mass is 79.9. The minimum atomic E-state index is -0.145. The van der Waals surface area contributed by atoms with Crippen molar-refractivity contribution in [1.29, 1.82) is 0 Å². The molecule has 0 saturated carbocycles. The zero-order valence-electron chi connectivity index (χ0n) is 9.23. The van der Waals surface area contributed by atoms with E-state index in [1.165, 1.54) is 6.33 Å². The van der Waals surface area contributed by atoms with Crippen LogP contribution < -0.4 is 5.32 Å². The van der Waals surface area contributed by atoms with Crippen molar-refractivity contribution in [2.24, 2.45) is 0 Å². The summed E-state index contributed by atoms with van der Waals surface area (Å²) in [5.41, 5.74) is 1.36. The molecule has 18 heavy (non-hydrogen) atoms. The van der Waals surface area contributed by atoms with E-state index in [4.69, 9.17) is 0 Å². The van der Waals surface area contributed by atoms with E-state index in [0.717, 1.165) is 14.6 Å². The third kappa shape index (κ3) is 3.36. The lowest BCUT2D eigenvalue weighted by atomic mass is 10.2. The number of carbonyl (C=O) groups is 1. The van der Waals surface area contributed by atoms with Gasteiger partial charge in [-0.1, -0.05) is 15.9 Å². The summed E-state index contributed by atoms with van der Waals surface area (Å²) in [6.45, 7) is 0.379. The molecule has 0 aliphatic carbocycles. The molecule has 0 radical (unpaired) electrons. The predicted molar refractivity (Wildman–Crippen MR) is 75.0 cm³/mol. The maximum atomic E-state index is 12.0. The number of rotatable bonds is 3. The molecule has 0 atom stereocenters. The Bertz CT molecular complexity index is 561. The molecule has 6 heteroatoms. The second kappa shape index (κ2) is 6.06. The first-order chi connectivity index (χ1) is 8.66. The van der Waals surface area contributed by atoms with Gasteiger partial charge >= 0.3 is 0 Å². The molecule has 1 amide bonds. The predicted octanol–water partition coefficient (Wildman–Crippen LogP) is 2.93. The molecule has 0 saturated heterocycles. The standard InChI is InChI=1S/C12H9Br2N3O/c13-8-1-2-10(11(14)5-8)12(18)16-6-9-3-4-15-7-17-9/h1-5,7H,6H2,(H,16,18). The summed E-state index contributed by atoms with van der Waals surface area (Å²) in [4.78, 5) is 19.8. The number of nitrogens with one attached hydrogen (secondary N) is 1. The number of halogens is 2. The molecule has 1 N–H and O–H groups in total. The molecular weight excluding hydrogens is 362 g/mol. The average Bonchev–Trinajstić information content (AvgIpc) is 2.37. The zero-order valence-corrected chi connectivity index (χ0v) is 12.4. The SMILES string of the molecule is O=C(NCc1ccncn1)c1ccc(Br)cc1Br. The quantitative estimate of drug-likeness (QED) is 0.903. The van der Waals surface area contributed by atoms with Crippen molar-refractivity contribution in [1.82, 2.24) is 15.3 Å². The number of amides is 1. The number of hydrogen-bond donors (Lipinski definition) is 1. The van der Waals surface area contributed by atoms with Gasteiger partial charge in [0, 0.05) is 15.1 Å². The van der Waals surface area contributed by atoms with Gasteiger partial charge in [0.05, 0.1) is 17.8 Å². The molecule has 1 heterocycles. The lowest BCUT2D eigenvalue weighted by molar-refractivity contribution is 0.0949. The molecule has 2 rings (SSSR count). The van der Waals surface area contributed by atoms with Crippen molar-refractivity contribution in [2.45, 2.75) is 6.54 Å². The van der Waals surface area contributed by atoms with E-state index >= 15 is 0 Å². The summed E-state index contributed by atoms with van der Waals surface area (Å²) in [5.74, 6) is -0.145. The molecule has 92 valence electrons. The average molecular weight is 371 g/mol. The number of hydrogen-bond acceptors (Lipinski definition) is 3. The van der Waals surface area contributed by atoms with Gasteiger partial charge in [0.1, 0.15) is 6.33 Å². The van der Waals surface area contributed by atoms with Crippen molar-refractivity contribution in [3.8, 4) is 0 Å². The third-order valence-corrected chi connectivity index (χ3v) is 3.40. The second-order valence-electron chi connectivity index (χ2n) is 3.51. The van der Waals surface area contributed by atoms with Gasteiger partial charge in [0.2, 0.25) is 0 Å². The Kier molecular flexibility index (Phi) is 4.43. The third-order valence-electron chi connectivity index (χ3n) is 2.25. The molecule has 0 unspecified atom stereocenters. The normalized spacial score (nSPS) is 10.1. The summed E-state index contributed by atoms with van der Waals surface area (Å²) < 4.78 is 1.67. The summed E-state index contributed by atoms with van der Waals surface area (Å²) in [7, 11) is 0. The largest absolute Gasteiger partial charge is 0.346 e. The van der Waals surface area contributed by atoms with E-state index in [9.17, 15) is 4.79 Å². The van der Waals surface area contributed by atoms with Crippen LogP contribution in [-0.2, 0) is 6.54 Å². The Hall–Kier alpha value is -1.27. The van der Waals surface area contributed by atoms with Gasteiger partial charge in [-0.3, -0.25) is 4.79 Å². The molecular formula is C12H9Br2N3O. The Morgan fingerprint density at radius 1 is 1.28 bits per heavy atom. The van der Waals surface area contributed by atoms with Crippen LogP contribution in [0.15, 0.2) is 45.7 Å². The minimum Gasteiger partial charge on any atom is -0.346 e. The van der Waals surface area contributed by atoms with Gasteiger partial charge < -0.3 is 5.32 Å². The Balaban J connectivity index is 2.04. The van der Waals surface area contributed by atoms with Crippen LogP contribution in [0.2, 0.25) is 0 Å². The van der Waals surface area contributed by atoms with E-state index in [1.54, 1.807) is 18.3 Å². The highest BCUT2D eigenvalue weighted by Crippen LogP contribution is 2.21. The molecule has 0 spiro atoms. The van der Waals surface area contributed by atoms with Gasteiger partial charge in [-0.05, 0) is 40.2 Å². The van der Waals surface area contributed by atoms with Crippen LogP contribution in [0.1, 0.15) is 16.1 Å². The van der Waals surface area contributed by atoms with Gasteiger partial charge in [0.25, 0.3) is 5.91 Å². The van der Waals surface area contributed by atoms with E-state index in [-0.39, 0.29) is 5.91 Å². The van der Waals surface area contributed by atoms with Crippen LogP contribution in [0.3, 0.4) is 0 Å². The first-order valence-electron chi connectivity index (χ1n) is 5.15. The summed E-state index contributed by atoms with van der Waals surface area (Å²) >= 11 is 6.70. The zero-order chi connectivity index (χ0) is 13.0. The van der Waals surface area contributed by atoms with Gasteiger partial charge in [0.15, 0.2) is 0 Å². The first-order valence-corrected chi connectivity index (χ1v) is 6.73. The molecule has 0 fully saturated rings. The monoisotopic (exact) mass is 369 g/mol. The number of aromatic nitrogens is 2.